The van der Waals surface area contributed by atoms with Gasteiger partial charge >= 0.3 is 12.2 Å². The Hall–Kier alpha value is -4.21. The number of anilines is 2. The molecule has 0 aromatic heterocycles. The summed E-state index contributed by atoms with van der Waals surface area (Å²) in [4.78, 5) is 27.8. The molecule has 0 aliphatic carbocycles. The van der Waals surface area contributed by atoms with Crippen molar-refractivity contribution < 1.29 is 45.4 Å². The number of fused-ring (bicyclic) bond motifs is 1. The summed E-state index contributed by atoms with van der Waals surface area (Å²) in [6.45, 7) is 2.92. The van der Waals surface area contributed by atoms with Crippen molar-refractivity contribution in [2.24, 2.45) is 5.92 Å². The lowest BCUT2D eigenvalue weighted by atomic mass is 9.99. The van der Waals surface area contributed by atoms with E-state index < -0.39 is 57.6 Å². The van der Waals surface area contributed by atoms with Gasteiger partial charge in [-0.05, 0) is 67.6 Å². The number of ether oxygens (including phenoxy) is 1. The number of halogens is 4. The molecule has 3 N–H and O–H groups in total. The van der Waals surface area contributed by atoms with Crippen LogP contribution in [0.1, 0.15) is 29.8 Å². The molecule has 1 aliphatic rings. The summed E-state index contributed by atoms with van der Waals surface area (Å²) in [7, 11) is -2.75. The smallest absolute Gasteiger partial charge is 0.416 e. The van der Waals surface area contributed by atoms with E-state index in [0.29, 0.717) is 0 Å². The van der Waals surface area contributed by atoms with Crippen molar-refractivity contribution in [2.75, 3.05) is 37.4 Å². The fourth-order valence-corrected chi connectivity index (χ4v) is 5.91. The molecule has 45 heavy (non-hydrogen) atoms. The maximum atomic E-state index is 13.7. The van der Waals surface area contributed by atoms with Crippen LogP contribution in [0.2, 0.25) is 0 Å². The van der Waals surface area contributed by atoms with Gasteiger partial charge in [0.25, 0.3) is 5.91 Å². The van der Waals surface area contributed by atoms with Crippen molar-refractivity contribution in [3.63, 3.8) is 0 Å². The molecule has 3 amide bonds. The third-order valence-electron chi connectivity index (χ3n) is 7.37. The predicted octanol–water partition coefficient (Wildman–Crippen LogP) is 5.03. The Morgan fingerprint density at radius 2 is 1.73 bits per heavy atom. The highest BCUT2D eigenvalue weighted by Crippen LogP contribution is 2.36. The van der Waals surface area contributed by atoms with Gasteiger partial charge in [-0.1, -0.05) is 13.0 Å². The molecule has 0 saturated heterocycles. The van der Waals surface area contributed by atoms with E-state index in [0.717, 1.165) is 52.8 Å². The number of carbonyl (C=O) groups excluding carboxylic acids is 2. The largest absolute Gasteiger partial charge is 0.486 e. The van der Waals surface area contributed by atoms with Crippen molar-refractivity contribution in [2.45, 2.75) is 37.1 Å². The molecule has 0 unspecified atom stereocenters. The van der Waals surface area contributed by atoms with Crippen LogP contribution >= 0.6 is 0 Å². The number of hydrogen-bond donors (Lipinski definition) is 3. The van der Waals surface area contributed by atoms with Gasteiger partial charge in [0.1, 0.15) is 11.9 Å². The standard InChI is InChI=1S/C30H32F4N4O6S/c1-18-15-38(19(2)17-39)28(40)24-5-4-6-25(36-29(41)35-22-11-7-20(8-12-22)30(32,33)34)27(24)44-26(18)16-37(3)45(42,43)23-13-9-21(31)10-14-23/h4-14,18-19,26,39H,15-17H2,1-3H3,(H2,35,36,41)/t18-,19+,26+/m0/s1. The van der Waals surface area contributed by atoms with Gasteiger partial charge in [-0.2, -0.15) is 17.5 Å². The predicted molar refractivity (Wildman–Crippen MR) is 158 cm³/mol. The fraction of sp³-hybridized carbons (Fsp3) is 0.333. The first-order valence-corrected chi connectivity index (χ1v) is 15.2. The minimum absolute atomic E-state index is 0.0311. The van der Waals surface area contributed by atoms with Crippen LogP contribution < -0.4 is 15.4 Å². The van der Waals surface area contributed by atoms with Gasteiger partial charge in [0.2, 0.25) is 10.0 Å². The van der Waals surface area contributed by atoms with Crippen LogP contribution in [0.15, 0.2) is 71.6 Å². The summed E-state index contributed by atoms with van der Waals surface area (Å²) in [6.07, 6.45) is -5.43. The second-order valence-electron chi connectivity index (χ2n) is 10.7. The number of benzene rings is 3. The van der Waals surface area contributed by atoms with Crippen LogP contribution in [0, 0.1) is 11.7 Å². The van der Waals surface area contributed by atoms with E-state index in [-0.39, 0.29) is 47.3 Å². The zero-order chi connectivity index (χ0) is 33.1. The molecule has 3 atom stereocenters. The zero-order valence-corrected chi connectivity index (χ0v) is 25.3. The number of urea groups is 1. The number of para-hydroxylation sites is 1. The molecular formula is C30H32F4N4O6S. The Labute approximate surface area is 257 Å². The Kier molecular flexibility index (Phi) is 10.0. The van der Waals surface area contributed by atoms with Gasteiger partial charge in [0.15, 0.2) is 5.75 Å². The monoisotopic (exact) mass is 652 g/mol. The van der Waals surface area contributed by atoms with Gasteiger partial charge in [0.05, 0.1) is 40.9 Å². The lowest BCUT2D eigenvalue weighted by Crippen LogP contribution is -2.50. The van der Waals surface area contributed by atoms with Gasteiger partial charge in [-0.25, -0.2) is 17.6 Å². The summed E-state index contributed by atoms with van der Waals surface area (Å²) >= 11 is 0. The zero-order valence-electron chi connectivity index (χ0n) is 24.5. The molecular weight excluding hydrogens is 620 g/mol. The van der Waals surface area contributed by atoms with Crippen LogP contribution in [0.3, 0.4) is 0 Å². The molecule has 0 spiro atoms. The van der Waals surface area contributed by atoms with Crippen LogP contribution in [-0.4, -0.2) is 73.6 Å². The average molecular weight is 653 g/mol. The number of rotatable bonds is 8. The van der Waals surface area contributed by atoms with E-state index in [4.69, 9.17) is 4.74 Å². The van der Waals surface area contributed by atoms with E-state index in [2.05, 4.69) is 10.6 Å². The molecule has 242 valence electrons. The van der Waals surface area contributed by atoms with E-state index in [1.165, 1.54) is 30.1 Å². The SMILES string of the molecule is C[C@H](CO)N1C[C@H](C)[C@@H](CN(C)S(=O)(=O)c2ccc(F)cc2)Oc2c(NC(=O)Nc3ccc(C(F)(F)F)cc3)cccc2C1=O. The minimum atomic E-state index is -4.55. The number of aliphatic hydroxyl groups is 1. The molecule has 0 fully saturated rings. The number of nitrogens with zero attached hydrogens (tertiary/aromatic N) is 2. The maximum Gasteiger partial charge on any atom is 0.416 e. The molecule has 15 heteroatoms. The average Bonchev–Trinajstić information content (AvgIpc) is 2.98. The molecule has 0 bridgehead atoms. The Morgan fingerprint density at radius 3 is 2.33 bits per heavy atom. The second-order valence-corrected chi connectivity index (χ2v) is 12.7. The third-order valence-corrected chi connectivity index (χ3v) is 9.21. The first-order valence-electron chi connectivity index (χ1n) is 13.8. The van der Waals surface area contributed by atoms with E-state index >= 15 is 0 Å². The minimum Gasteiger partial charge on any atom is -0.486 e. The summed E-state index contributed by atoms with van der Waals surface area (Å²) in [6, 6.07) is 11.1. The van der Waals surface area contributed by atoms with E-state index in [1.807, 2.05) is 0 Å². The van der Waals surface area contributed by atoms with Gasteiger partial charge in [0, 0.05) is 25.2 Å². The molecule has 3 aromatic rings. The van der Waals surface area contributed by atoms with Crippen LogP contribution in [0.5, 0.6) is 5.75 Å². The summed E-state index contributed by atoms with van der Waals surface area (Å²) in [5.41, 5.74) is -0.759. The first kappa shape index (κ1) is 33.7. The lowest BCUT2D eigenvalue weighted by molar-refractivity contribution is -0.137. The Morgan fingerprint density at radius 1 is 1.09 bits per heavy atom. The van der Waals surface area contributed by atoms with Crippen molar-refractivity contribution in [3.05, 3.63) is 83.7 Å². The summed E-state index contributed by atoms with van der Waals surface area (Å²) < 4.78 is 86.1. The van der Waals surface area contributed by atoms with E-state index in [9.17, 15) is 40.7 Å². The molecule has 0 saturated carbocycles. The molecule has 1 heterocycles. The second kappa shape index (κ2) is 13.4. The highest BCUT2D eigenvalue weighted by Gasteiger charge is 2.36. The number of hydrogen-bond acceptors (Lipinski definition) is 6. The highest BCUT2D eigenvalue weighted by molar-refractivity contribution is 7.89. The fourth-order valence-electron chi connectivity index (χ4n) is 4.72. The molecule has 10 nitrogen and oxygen atoms in total. The molecule has 4 rings (SSSR count). The quantitative estimate of drug-likeness (QED) is 0.293. The topological polar surface area (TPSA) is 128 Å². The number of aliphatic hydroxyl groups excluding tert-OH is 1. The van der Waals surface area contributed by atoms with E-state index in [1.54, 1.807) is 13.8 Å². The number of nitrogens with one attached hydrogen (secondary N) is 2. The van der Waals surface area contributed by atoms with Gasteiger partial charge < -0.3 is 25.4 Å². The molecule has 0 radical (unpaired) electrons. The number of likely N-dealkylation sites (N-methyl/N-ethyl adjacent to an activating group) is 1. The third kappa shape index (κ3) is 7.72. The lowest BCUT2D eigenvalue weighted by Gasteiger charge is -2.38. The summed E-state index contributed by atoms with van der Waals surface area (Å²) in [5.74, 6) is -1.66. The molecule has 1 aliphatic heterocycles. The van der Waals surface area contributed by atoms with Gasteiger partial charge in [-0.3, -0.25) is 4.79 Å². The molecule has 3 aromatic carbocycles. The number of alkyl halides is 3. The first-order chi connectivity index (χ1) is 21.1. The Balaban J connectivity index is 1.65. The maximum absolute atomic E-state index is 13.7. The van der Waals surface area contributed by atoms with Crippen molar-refractivity contribution >= 4 is 33.3 Å². The van der Waals surface area contributed by atoms with Crippen LogP contribution in [0.4, 0.5) is 33.7 Å². The Bertz CT molecular complexity index is 1640. The highest BCUT2D eigenvalue weighted by atomic mass is 32.2. The number of carbonyl (C=O) groups is 2. The van der Waals surface area contributed by atoms with Crippen LogP contribution in [0.25, 0.3) is 0 Å². The number of sulfonamides is 1. The number of amides is 3. The van der Waals surface area contributed by atoms with Crippen molar-refractivity contribution in [1.29, 1.82) is 0 Å². The summed E-state index contributed by atoms with van der Waals surface area (Å²) in [5, 5.41) is 14.9. The van der Waals surface area contributed by atoms with Gasteiger partial charge in [-0.15, -0.1) is 0 Å². The van der Waals surface area contributed by atoms with Crippen LogP contribution in [-0.2, 0) is 16.2 Å². The van der Waals surface area contributed by atoms with Crippen molar-refractivity contribution in [1.82, 2.24) is 9.21 Å². The normalized spacial score (nSPS) is 18.0. The van der Waals surface area contributed by atoms with Crippen molar-refractivity contribution in [3.8, 4) is 5.75 Å².